The van der Waals surface area contributed by atoms with Gasteiger partial charge in [-0.15, -0.1) is 0 Å². The molecule has 1 saturated carbocycles. The highest BCUT2D eigenvalue weighted by molar-refractivity contribution is 6.01. The monoisotopic (exact) mass is 257 g/mol. The fraction of sp³-hybridized carbons (Fsp3) is 0.500. The maximum atomic E-state index is 11.4. The zero-order valence-corrected chi connectivity index (χ0v) is 11.3. The van der Waals surface area contributed by atoms with Crippen molar-refractivity contribution < 1.29 is 9.53 Å². The van der Waals surface area contributed by atoms with E-state index in [1.54, 1.807) is 0 Å². The van der Waals surface area contributed by atoms with Crippen molar-refractivity contribution in [2.45, 2.75) is 44.8 Å². The molecule has 0 N–H and O–H groups in total. The van der Waals surface area contributed by atoms with Crippen LogP contribution in [0.25, 0.3) is 0 Å². The van der Waals surface area contributed by atoms with Crippen LogP contribution in [0.5, 0.6) is 0 Å². The van der Waals surface area contributed by atoms with E-state index < -0.39 is 5.72 Å². The quantitative estimate of drug-likeness (QED) is 0.762. The molecule has 0 unspecified atom stereocenters. The second-order valence-corrected chi connectivity index (χ2v) is 5.63. The number of rotatable bonds is 2. The molecule has 0 amide bonds. The Kier molecular flexibility index (Phi) is 3.13. The SMILES string of the molecule is CC(=O)O[C@]12CCC[C@H](CC(c3ccccc3)=N1)C2. The van der Waals surface area contributed by atoms with Crippen LogP contribution < -0.4 is 0 Å². The second kappa shape index (κ2) is 4.80. The molecule has 1 aliphatic carbocycles. The molecule has 3 heteroatoms. The highest BCUT2D eigenvalue weighted by Gasteiger charge is 2.42. The summed E-state index contributed by atoms with van der Waals surface area (Å²) in [6.07, 6.45) is 5.08. The number of esters is 1. The van der Waals surface area contributed by atoms with E-state index in [4.69, 9.17) is 9.73 Å². The summed E-state index contributed by atoms with van der Waals surface area (Å²) in [5.41, 5.74) is 1.67. The lowest BCUT2D eigenvalue weighted by Crippen LogP contribution is -2.42. The molecule has 0 spiro atoms. The Bertz CT molecular complexity index is 509. The average molecular weight is 257 g/mol. The van der Waals surface area contributed by atoms with Crippen molar-refractivity contribution in [2.24, 2.45) is 10.9 Å². The van der Waals surface area contributed by atoms with Gasteiger partial charge < -0.3 is 4.74 Å². The van der Waals surface area contributed by atoms with Crippen molar-refractivity contribution in [3.8, 4) is 0 Å². The molecule has 2 atom stereocenters. The van der Waals surface area contributed by atoms with Gasteiger partial charge in [0.1, 0.15) is 0 Å². The van der Waals surface area contributed by atoms with Crippen LogP contribution >= 0.6 is 0 Å². The summed E-state index contributed by atoms with van der Waals surface area (Å²) in [6.45, 7) is 1.48. The number of benzene rings is 1. The topological polar surface area (TPSA) is 38.7 Å². The van der Waals surface area contributed by atoms with Crippen molar-refractivity contribution in [3.63, 3.8) is 0 Å². The van der Waals surface area contributed by atoms with Crippen molar-refractivity contribution in [3.05, 3.63) is 35.9 Å². The maximum absolute atomic E-state index is 11.4. The third-order valence-corrected chi connectivity index (χ3v) is 4.05. The molecule has 0 aromatic heterocycles. The van der Waals surface area contributed by atoms with Crippen molar-refractivity contribution in [1.29, 1.82) is 0 Å². The zero-order chi connectivity index (χ0) is 13.3. The van der Waals surface area contributed by atoms with Crippen molar-refractivity contribution >= 4 is 11.7 Å². The first-order valence-electron chi connectivity index (χ1n) is 7.01. The van der Waals surface area contributed by atoms with Crippen LogP contribution in [0.3, 0.4) is 0 Å². The molecule has 2 aliphatic rings. The first-order valence-corrected chi connectivity index (χ1v) is 7.01. The van der Waals surface area contributed by atoms with E-state index in [1.165, 1.54) is 13.3 Å². The Balaban J connectivity index is 1.96. The first kappa shape index (κ1) is 12.4. The molecule has 3 rings (SSSR count). The van der Waals surface area contributed by atoms with E-state index in [0.29, 0.717) is 5.92 Å². The van der Waals surface area contributed by atoms with Gasteiger partial charge in [0.2, 0.25) is 5.72 Å². The number of carbonyl (C=O) groups excluding carboxylic acids is 1. The van der Waals surface area contributed by atoms with Crippen LogP contribution in [0.15, 0.2) is 35.3 Å². The standard InChI is InChI=1S/C16H19NO2/c1-12(18)19-16-9-5-6-13(11-16)10-15(17-16)14-7-3-2-4-8-14/h2-4,7-8,13H,5-6,9-11H2,1H3/t13-,16+/m1/s1. The fourth-order valence-corrected chi connectivity index (χ4v) is 3.36. The van der Waals surface area contributed by atoms with Gasteiger partial charge >= 0.3 is 5.97 Å². The molecule has 0 saturated heterocycles. The lowest BCUT2D eigenvalue weighted by atomic mass is 9.77. The smallest absolute Gasteiger partial charge is 0.304 e. The van der Waals surface area contributed by atoms with E-state index >= 15 is 0 Å². The van der Waals surface area contributed by atoms with Crippen LogP contribution in [0, 0.1) is 5.92 Å². The first-order chi connectivity index (χ1) is 9.17. The Morgan fingerprint density at radius 2 is 2.16 bits per heavy atom. The van der Waals surface area contributed by atoms with Crippen LogP contribution in [-0.2, 0) is 9.53 Å². The molecule has 1 aromatic rings. The summed E-state index contributed by atoms with van der Waals surface area (Å²) in [7, 11) is 0. The largest absolute Gasteiger partial charge is 0.437 e. The number of fused-ring (bicyclic) bond motifs is 2. The van der Waals surface area contributed by atoms with Gasteiger partial charge in [-0.2, -0.15) is 0 Å². The number of hydrogen-bond acceptors (Lipinski definition) is 3. The summed E-state index contributed by atoms with van der Waals surface area (Å²) in [4.78, 5) is 16.2. The van der Waals surface area contributed by atoms with Crippen LogP contribution in [-0.4, -0.2) is 17.4 Å². The molecule has 19 heavy (non-hydrogen) atoms. The van der Waals surface area contributed by atoms with Crippen molar-refractivity contribution in [2.75, 3.05) is 0 Å². The Morgan fingerprint density at radius 3 is 2.89 bits per heavy atom. The predicted octanol–water partition coefficient (Wildman–Crippen LogP) is 3.33. The summed E-state index contributed by atoms with van der Waals surface area (Å²) < 4.78 is 5.57. The molecule has 1 fully saturated rings. The number of carbonyl (C=O) groups is 1. The maximum Gasteiger partial charge on any atom is 0.304 e. The molecule has 1 heterocycles. The number of ether oxygens (including phenoxy) is 1. The summed E-state index contributed by atoms with van der Waals surface area (Å²) in [5.74, 6) is 0.375. The van der Waals surface area contributed by atoms with Crippen LogP contribution in [0.4, 0.5) is 0 Å². The molecule has 0 radical (unpaired) electrons. The number of aliphatic imine (C=N–C) groups is 1. The van der Waals surface area contributed by atoms with Gasteiger partial charge in [0.05, 0.1) is 0 Å². The van der Waals surface area contributed by atoms with Gasteiger partial charge in [-0.1, -0.05) is 30.3 Å². The summed E-state index contributed by atoms with van der Waals surface area (Å²) in [6, 6.07) is 10.2. The van der Waals surface area contributed by atoms with Gasteiger partial charge in [0.25, 0.3) is 0 Å². The molecule has 1 aliphatic heterocycles. The Morgan fingerprint density at radius 1 is 1.37 bits per heavy atom. The van der Waals surface area contributed by atoms with E-state index in [-0.39, 0.29) is 5.97 Å². The second-order valence-electron chi connectivity index (χ2n) is 5.63. The molecule has 100 valence electrons. The Hall–Kier alpha value is -1.64. The van der Waals surface area contributed by atoms with E-state index in [1.807, 2.05) is 18.2 Å². The van der Waals surface area contributed by atoms with E-state index in [2.05, 4.69) is 12.1 Å². The zero-order valence-electron chi connectivity index (χ0n) is 11.3. The van der Waals surface area contributed by atoms with Gasteiger partial charge in [-0.05, 0) is 30.7 Å². The molecule has 2 bridgehead atoms. The molecular weight excluding hydrogens is 238 g/mol. The average Bonchev–Trinajstić information content (AvgIpc) is 2.38. The third-order valence-electron chi connectivity index (χ3n) is 4.05. The van der Waals surface area contributed by atoms with E-state index in [0.717, 1.165) is 37.0 Å². The van der Waals surface area contributed by atoms with Gasteiger partial charge in [0, 0.05) is 25.5 Å². The number of nitrogens with zero attached hydrogens (tertiary/aromatic N) is 1. The van der Waals surface area contributed by atoms with Gasteiger partial charge in [-0.25, -0.2) is 4.99 Å². The van der Waals surface area contributed by atoms with E-state index in [9.17, 15) is 4.79 Å². The molecule has 1 aromatic carbocycles. The summed E-state index contributed by atoms with van der Waals surface area (Å²) >= 11 is 0. The van der Waals surface area contributed by atoms with Gasteiger partial charge in [-0.3, -0.25) is 4.79 Å². The minimum absolute atomic E-state index is 0.223. The lowest BCUT2D eigenvalue weighted by Gasteiger charge is -2.41. The highest BCUT2D eigenvalue weighted by atomic mass is 16.6. The molecule has 3 nitrogen and oxygen atoms in total. The summed E-state index contributed by atoms with van der Waals surface area (Å²) in [5, 5.41) is 0. The van der Waals surface area contributed by atoms with Crippen molar-refractivity contribution in [1.82, 2.24) is 0 Å². The lowest BCUT2D eigenvalue weighted by molar-refractivity contribution is -0.161. The minimum Gasteiger partial charge on any atom is -0.437 e. The Labute approximate surface area is 113 Å². The third kappa shape index (κ3) is 2.55. The highest BCUT2D eigenvalue weighted by Crippen LogP contribution is 2.42. The number of hydrogen-bond donors (Lipinski definition) is 0. The minimum atomic E-state index is -0.585. The van der Waals surface area contributed by atoms with Crippen LogP contribution in [0.1, 0.15) is 44.6 Å². The fourth-order valence-electron chi connectivity index (χ4n) is 3.36. The predicted molar refractivity (Wildman–Crippen MR) is 74.1 cm³/mol. The molecular formula is C16H19NO2. The van der Waals surface area contributed by atoms with Crippen LogP contribution in [0.2, 0.25) is 0 Å². The normalized spacial score (nSPS) is 29.5. The van der Waals surface area contributed by atoms with Gasteiger partial charge in [0.15, 0.2) is 0 Å².